The molecule has 88 valence electrons. The van der Waals surface area contributed by atoms with Gasteiger partial charge in [0.2, 0.25) is 0 Å². The number of hydrogen-bond donors (Lipinski definition) is 2. The number of halogens is 1. The van der Waals surface area contributed by atoms with E-state index >= 15 is 0 Å². The standard InChI is InChI=1S/C14H15FN2/c1-10(11-5-3-2-4-6-11)17-14-8-7-12(15)9-13(14)16/h2-10,17H,16H2,1H3. The van der Waals surface area contributed by atoms with Gasteiger partial charge in [0.05, 0.1) is 11.4 Å². The van der Waals surface area contributed by atoms with E-state index in [-0.39, 0.29) is 11.9 Å². The zero-order chi connectivity index (χ0) is 12.3. The van der Waals surface area contributed by atoms with Gasteiger partial charge < -0.3 is 11.1 Å². The van der Waals surface area contributed by atoms with Gasteiger partial charge in [-0.2, -0.15) is 0 Å². The molecule has 0 aromatic heterocycles. The maximum absolute atomic E-state index is 12.9. The summed E-state index contributed by atoms with van der Waals surface area (Å²) < 4.78 is 12.9. The van der Waals surface area contributed by atoms with Crippen LogP contribution in [0.5, 0.6) is 0 Å². The van der Waals surface area contributed by atoms with E-state index in [4.69, 9.17) is 5.73 Å². The molecule has 3 heteroatoms. The molecule has 2 aromatic rings. The molecule has 2 nitrogen and oxygen atoms in total. The number of benzene rings is 2. The molecule has 2 aromatic carbocycles. The molecule has 2 rings (SSSR count). The molecule has 0 aliphatic heterocycles. The van der Waals surface area contributed by atoms with Crippen LogP contribution in [0, 0.1) is 5.82 Å². The summed E-state index contributed by atoms with van der Waals surface area (Å²) in [6.45, 7) is 2.04. The van der Waals surface area contributed by atoms with Crippen LogP contribution in [0.25, 0.3) is 0 Å². The van der Waals surface area contributed by atoms with Crippen LogP contribution >= 0.6 is 0 Å². The second-order valence-electron chi connectivity index (χ2n) is 4.01. The highest BCUT2D eigenvalue weighted by molar-refractivity contribution is 5.66. The Kier molecular flexibility index (Phi) is 3.28. The summed E-state index contributed by atoms with van der Waals surface area (Å²) in [6.07, 6.45) is 0. The van der Waals surface area contributed by atoms with Crippen LogP contribution in [0.2, 0.25) is 0 Å². The fourth-order valence-electron chi connectivity index (χ4n) is 1.72. The van der Waals surface area contributed by atoms with Crippen LogP contribution in [0.1, 0.15) is 18.5 Å². The Morgan fingerprint density at radius 1 is 1.12 bits per heavy atom. The summed E-state index contributed by atoms with van der Waals surface area (Å²) in [5.74, 6) is -0.319. The first kappa shape index (κ1) is 11.5. The van der Waals surface area contributed by atoms with E-state index in [1.54, 1.807) is 6.07 Å². The van der Waals surface area contributed by atoms with E-state index in [1.165, 1.54) is 12.1 Å². The molecule has 1 atom stereocenters. The van der Waals surface area contributed by atoms with Crippen molar-refractivity contribution in [1.29, 1.82) is 0 Å². The lowest BCUT2D eigenvalue weighted by molar-refractivity contribution is 0.628. The van der Waals surface area contributed by atoms with Crippen molar-refractivity contribution in [3.8, 4) is 0 Å². The fourth-order valence-corrected chi connectivity index (χ4v) is 1.72. The van der Waals surface area contributed by atoms with E-state index in [1.807, 2.05) is 37.3 Å². The molecule has 0 fully saturated rings. The molecule has 0 saturated carbocycles. The highest BCUT2D eigenvalue weighted by atomic mass is 19.1. The zero-order valence-corrected chi connectivity index (χ0v) is 9.65. The van der Waals surface area contributed by atoms with Crippen molar-refractivity contribution in [2.45, 2.75) is 13.0 Å². The number of nitrogen functional groups attached to an aromatic ring is 1. The van der Waals surface area contributed by atoms with Crippen LogP contribution in [0.15, 0.2) is 48.5 Å². The van der Waals surface area contributed by atoms with Crippen molar-refractivity contribution in [3.63, 3.8) is 0 Å². The number of rotatable bonds is 3. The van der Waals surface area contributed by atoms with Crippen molar-refractivity contribution >= 4 is 11.4 Å². The van der Waals surface area contributed by atoms with E-state index in [9.17, 15) is 4.39 Å². The van der Waals surface area contributed by atoms with Gasteiger partial charge in [0.25, 0.3) is 0 Å². The molecule has 0 radical (unpaired) electrons. The van der Waals surface area contributed by atoms with Gasteiger partial charge in [0.1, 0.15) is 5.82 Å². The van der Waals surface area contributed by atoms with Gasteiger partial charge in [0.15, 0.2) is 0 Å². The van der Waals surface area contributed by atoms with Gasteiger partial charge in [-0.1, -0.05) is 30.3 Å². The second kappa shape index (κ2) is 4.87. The molecule has 0 saturated heterocycles. The van der Waals surface area contributed by atoms with Crippen molar-refractivity contribution in [2.24, 2.45) is 0 Å². The number of hydrogen-bond acceptors (Lipinski definition) is 2. The summed E-state index contributed by atoms with van der Waals surface area (Å²) in [6, 6.07) is 14.5. The van der Waals surface area contributed by atoms with E-state index in [2.05, 4.69) is 5.32 Å². The summed E-state index contributed by atoms with van der Waals surface area (Å²) in [4.78, 5) is 0. The Morgan fingerprint density at radius 3 is 2.47 bits per heavy atom. The Balaban J connectivity index is 2.16. The first-order chi connectivity index (χ1) is 8.16. The largest absolute Gasteiger partial charge is 0.397 e. The normalized spacial score (nSPS) is 12.1. The molecule has 17 heavy (non-hydrogen) atoms. The average molecular weight is 230 g/mol. The van der Waals surface area contributed by atoms with E-state index in [0.29, 0.717) is 5.69 Å². The summed E-state index contributed by atoms with van der Waals surface area (Å²) in [7, 11) is 0. The molecule has 3 N–H and O–H groups in total. The average Bonchev–Trinajstić information content (AvgIpc) is 2.34. The zero-order valence-electron chi connectivity index (χ0n) is 9.65. The third kappa shape index (κ3) is 2.75. The Labute approximate surface area is 100 Å². The maximum Gasteiger partial charge on any atom is 0.125 e. The van der Waals surface area contributed by atoms with Crippen molar-refractivity contribution in [2.75, 3.05) is 11.1 Å². The van der Waals surface area contributed by atoms with Gasteiger partial charge in [-0.25, -0.2) is 4.39 Å². The lowest BCUT2D eigenvalue weighted by Crippen LogP contribution is -2.08. The van der Waals surface area contributed by atoms with Crippen molar-refractivity contribution in [1.82, 2.24) is 0 Å². The molecular formula is C14H15FN2. The van der Waals surface area contributed by atoms with Crippen LogP contribution in [0.3, 0.4) is 0 Å². The predicted octanol–water partition coefficient (Wildman–Crippen LogP) is 3.58. The summed E-state index contributed by atoms with van der Waals surface area (Å²) in [5, 5.41) is 3.26. The number of anilines is 2. The van der Waals surface area contributed by atoms with E-state index in [0.717, 1.165) is 11.3 Å². The van der Waals surface area contributed by atoms with Crippen molar-refractivity contribution < 1.29 is 4.39 Å². The Bertz CT molecular complexity index is 497. The minimum absolute atomic E-state index is 0.129. The Hall–Kier alpha value is -2.03. The topological polar surface area (TPSA) is 38.0 Å². The fraction of sp³-hybridized carbons (Fsp3) is 0.143. The van der Waals surface area contributed by atoms with Gasteiger partial charge in [-0.3, -0.25) is 0 Å². The second-order valence-corrected chi connectivity index (χ2v) is 4.01. The molecule has 0 aliphatic rings. The summed E-state index contributed by atoms with van der Waals surface area (Å²) >= 11 is 0. The third-order valence-corrected chi connectivity index (χ3v) is 2.69. The minimum atomic E-state index is -0.319. The quantitative estimate of drug-likeness (QED) is 0.791. The van der Waals surface area contributed by atoms with Gasteiger partial charge >= 0.3 is 0 Å². The van der Waals surface area contributed by atoms with Gasteiger partial charge in [-0.15, -0.1) is 0 Å². The number of nitrogens with two attached hydrogens (primary N) is 1. The maximum atomic E-state index is 12.9. The molecule has 0 amide bonds. The van der Waals surface area contributed by atoms with E-state index < -0.39 is 0 Å². The van der Waals surface area contributed by atoms with Crippen LogP contribution < -0.4 is 11.1 Å². The SMILES string of the molecule is CC(Nc1ccc(F)cc1N)c1ccccc1. The molecule has 0 bridgehead atoms. The lowest BCUT2D eigenvalue weighted by Gasteiger charge is -2.17. The molecule has 0 spiro atoms. The third-order valence-electron chi connectivity index (χ3n) is 2.69. The monoisotopic (exact) mass is 230 g/mol. The number of nitrogens with one attached hydrogen (secondary N) is 1. The van der Waals surface area contributed by atoms with Gasteiger partial charge in [0, 0.05) is 6.04 Å². The first-order valence-electron chi connectivity index (χ1n) is 5.53. The van der Waals surface area contributed by atoms with Crippen LogP contribution in [-0.2, 0) is 0 Å². The smallest absolute Gasteiger partial charge is 0.125 e. The first-order valence-corrected chi connectivity index (χ1v) is 5.53. The molecular weight excluding hydrogens is 215 g/mol. The lowest BCUT2D eigenvalue weighted by atomic mass is 10.1. The highest BCUT2D eigenvalue weighted by Crippen LogP contribution is 2.24. The van der Waals surface area contributed by atoms with Crippen LogP contribution in [-0.4, -0.2) is 0 Å². The summed E-state index contributed by atoms with van der Waals surface area (Å²) in [5.41, 5.74) is 8.08. The Morgan fingerprint density at radius 2 is 1.82 bits per heavy atom. The molecule has 0 heterocycles. The minimum Gasteiger partial charge on any atom is -0.397 e. The highest BCUT2D eigenvalue weighted by Gasteiger charge is 2.07. The predicted molar refractivity (Wildman–Crippen MR) is 69.3 cm³/mol. The van der Waals surface area contributed by atoms with Crippen molar-refractivity contribution in [3.05, 3.63) is 59.9 Å². The molecule has 1 unspecified atom stereocenters. The van der Waals surface area contributed by atoms with Gasteiger partial charge in [-0.05, 0) is 30.7 Å². The van der Waals surface area contributed by atoms with Crippen LogP contribution in [0.4, 0.5) is 15.8 Å². The molecule has 0 aliphatic carbocycles.